The molecule has 1 aromatic heterocycles. The topological polar surface area (TPSA) is 52.3 Å². The van der Waals surface area contributed by atoms with Crippen LogP contribution in [0.5, 0.6) is 0 Å². The van der Waals surface area contributed by atoms with Crippen LogP contribution in [0, 0.1) is 6.92 Å². The molecule has 2 heterocycles. The largest absolute Gasteiger partial charge is 0.369 e. The first-order valence-electron chi connectivity index (χ1n) is 10.1. The Balaban J connectivity index is 1.51. The van der Waals surface area contributed by atoms with Crippen molar-refractivity contribution in [1.82, 2.24) is 14.8 Å². The Bertz CT molecular complexity index is 1200. The third kappa shape index (κ3) is 3.55. The van der Waals surface area contributed by atoms with Gasteiger partial charge in [0.25, 0.3) is 0 Å². The summed E-state index contributed by atoms with van der Waals surface area (Å²) >= 11 is 0. The quantitative estimate of drug-likeness (QED) is 0.495. The van der Waals surface area contributed by atoms with Crippen LogP contribution in [0.4, 0.5) is 0 Å². The highest BCUT2D eigenvalue weighted by molar-refractivity contribution is 6.15. The summed E-state index contributed by atoms with van der Waals surface area (Å²) in [6.07, 6.45) is 0. The predicted molar refractivity (Wildman–Crippen MR) is 117 cm³/mol. The van der Waals surface area contributed by atoms with Gasteiger partial charge >= 0.3 is 0 Å². The molecule has 0 bridgehead atoms. The highest BCUT2D eigenvalue weighted by Gasteiger charge is 2.23. The zero-order chi connectivity index (χ0) is 20.3. The normalized spacial score (nSPS) is 12.6. The van der Waals surface area contributed by atoms with E-state index >= 15 is 0 Å². The fraction of sp³-hybridized carbons (Fsp3) is 0.160. The molecule has 0 saturated carbocycles. The second-order valence-corrected chi connectivity index (χ2v) is 7.40. The summed E-state index contributed by atoms with van der Waals surface area (Å²) in [5, 5.41) is 8.83. The lowest BCUT2D eigenvalue weighted by molar-refractivity contribution is 0.100. The number of aromatic nitrogens is 3. The Morgan fingerprint density at radius 3 is 2.43 bits per heavy atom. The van der Waals surface area contributed by atoms with E-state index in [4.69, 9.17) is 9.73 Å². The first kappa shape index (κ1) is 18.5. The molecule has 0 unspecified atom stereocenters. The van der Waals surface area contributed by atoms with Crippen LogP contribution < -0.4 is 0 Å². The van der Waals surface area contributed by atoms with Gasteiger partial charge in [-0.3, -0.25) is 9.56 Å². The van der Waals surface area contributed by atoms with Gasteiger partial charge in [0.1, 0.15) is 13.2 Å². The van der Waals surface area contributed by atoms with E-state index < -0.39 is 0 Å². The molecule has 148 valence electrons. The maximum Gasteiger partial charge on any atom is 0.163 e. The number of fused-ring (bicyclic) bond motifs is 3. The Morgan fingerprint density at radius 1 is 0.867 bits per heavy atom. The van der Waals surface area contributed by atoms with Crippen molar-refractivity contribution < 1.29 is 4.74 Å². The van der Waals surface area contributed by atoms with Crippen molar-refractivity contribution in [2.75, 3.05) is 0 Å². The number of aliphatic imine (C=N–C) groups is 1. The van der Waals surface area contributed by atoms with Gasteiger partial charge in [-0.15, -0.1) is 10.2 Å². The number of aryl methyl sites for hydroxylation is 1. The van der Waals surface area contributed by atoms with E-state index in [0.29, 0.717) is 19.8 Å². The molecule has 0 radical (unpaired) electrons. The van der Waals surface area contributed by atoms with Crippen LogP contribution in [-0.4, -0.2) is 20.5 Å². The Hall–Kier alpha value is -3.57. The average Bonchev–Trinajstić information content (AvgIpc) is 3.10. The van der Waals surface area contributed by atoms with E-state index in [0.717, 1.165) is 39.7 Å². The fourth-order valence-corrected chi connectivity index (χ4v) is 3.77. The van der Waals surface area contributed by atoms with Gasteiger partial charge in [-0.25, -0.2) is 0 Å². The molecule has 30 heavy (non-hydrogen) atoms. The molecule has 0 aliphatic carbocycles. The molecule has 0 amide bonds. The minimum absolute atomic E-state index is 0.385. The number of nitrogens with zero attached hydrogens (tertiary/aromatic N) is 4. The lowest BCUT2D eigenvalue weighted by Crippen LogP contribution is -2.10. The Labute approximate surface area is 175 Å². The summed E-state index contributed by atoms with van der Waals surface area (Å²) in [6.45, 7) is 3.50. The van der Waals surface area contributed by atoms with Gasteiger partial charge < -0.3 is 4.74 Å². The third-order valence-corrected chi connectivity index (χ3v) is 5.21. The summed E-state index contributed by atoms with van der Waals surface area (Å²) in [5.74, 6) is 1.61. The minimum Gasteiger partial charge on any atom is -0.369 e. The van der Waals surface area contributed by atoms with Gasteiger partial charge in [0.2, 0.25) is 0 Å². The molecule has 0 atom stereocenters. The monoisotopic (exact) mass is 394 g/mol. The minimum atomic E-state index is 0.385. The van der Waals surface area contributed by atoms with Gasteiger partial charge in [-0.05, 0) is 24.6 Å². The number of rotatable bonds is 5. The lowest BCUT2D eigenvalue weighted by Gasteiger charge is -2.14. The van der Waals surface area contributed by atoms with E-state index in [1.165, 1.54) is 5.56 Å². The second-order valence-electron chi connectivity index (χ2n) is 7.40. The van der Waals surface area contributed by atoms with Crippen LogP contribution in [0.3, 0.4) is 0 Å². The molecule has 1 aliphatic rings. The van der Waals surface area contributed by atoms with Crippen molar-refractivity contribution in [3.8, 4) is 5.69 Å². The van der Waals surface area contributed by atoms with Crippen LogP contribution in [0.1, 0.15) is 33.9 Å². The van der Waals surface area contributed by atoms with Crippen molar-refractivity contribution in [3.63, 3.8) is 0 Å². The van der Waals surface area contributed by atoms with E-state index in [-0.39, 0.29) is 0 Å². The van der Waals surface area contributed by atoms with Gasteiger partial charge in [0.15, 0.2) is 11.6 Å². The van der Waals surface area contributed by atoms with Crippen LogP contribution in [-0.2, 0) is 24.5 Å². The molecule has 0 fully saturated rings. The van der Waals surface area contributed by atoms with E-state index in [2.05, 4.69) is 64.2 Å². The van der Waals surface area contributed by atoms with Crippen molar-refractivity contribution in [2.45, 2.75) is 26.7 Å². The van der Waals surface area contributed by atoms with E-state index in [9.17, 15) is 0 Å². The van der Waals surface area contributed by atoms with Crippen LogP contribution in [0.15, 0.2) is 83.9 Å². The number of hydrogen-bond donors (Lipinski definition) is 0. The van der Waals surface area contributed by atoms with Crippen LogP contribution in [0.2, 0.25) is 0 Å². The van der Waals surface area contributed by atoms with Gasteiger partial charge in [-0.1, -0.05) is 72.3 Å². The summed E-state index contributed by atoms with van der Waals surface area (Å²) in [7, 11) is 0. The van der Waals surface area contributed by atoms with Gasteiger partial charge in [0.05, 0.1) is 18.0 Å². The Morgan fingerprint density at radius 2 is 1.63 bits per heavy atom. The van der Waals surface area contributed by atoms with Crippen LogP contribution in [0.25, 0.3) is 5.69 Å². The zero-order valence-electron chi connectivity index (χ0n) is 16.8. The summed E-state index contributed by atoms with van der Waals surface area (Å²) < 4.78 is 8.06. The standard InChI is InChI=1S/C25H22N4O/c1-18-12-13-22-21(14-18)25(20-10-6-3-7-11-20)26-15-23-27-28-24(29(22)23)17-30-16-19-8-4-2-5-9-19/h2-14H,15-17H2,1H3. The third-order valence-electron chi connectivity index (χ3n) is 5.21. The van der Waals surface area contributed by atoms with Crippen molar-refractivity contribution in [2.24, 2.45) is 4.99 Å². The smallest absolute Gasteiger partial charge is 0.163 e. The SMILES string of the molecule is Cc1ccc2c(c1)C(c1ccccc1)=NCc1nnc(COCc3ccccc3)n1-2. The molecule has 4 aromatic rings. The highest BCUT2D eigenvalue weighted by Crippen LogP contribution is 2.27. The number of benzene rings is 3. The Kier molecular flexibility index (Phi) is 4.95. The van der Waals surface area contributed by atoms with Gasteiger partial charge in [0, 0.05) is 11.1 Å². The highest BCUT2D eigenvalue weighted by atomic mass is 16.5. The summed E-state index contributed by atoms with van der Waals surface area (Å²) in [5.41, 5.74) is 6.54. The molecule has 5 rings (SSSR count). The zero-order valence-corrected chi connectivity index (χ0v) is 16.8. The van der Waals surface area contributed by atoms with Gasteiger partial charge in [-0.2, -0.15) is 0 Å². The predicted octanol–water partition coefficient (Wildman–Crippen LogP) is 4.64. The van der Waals surface area contributed by atoms with E-state index in [1.54, 1.807) is 0 Å². The summed E-state index contributed by atoms with van der Waals surface area (Å²) in [4.78, 5) is 4.91. The molecule has 0 spiro atoms. The second kappa shape index (κ2) is 8.05. The first-order valence-corrected chi connectivity index (χ1v) is 10.1. The van der Waals surface area contributed by atoms with Crippen molar-refractivity contribution in [1.29, 1.82) is 0 Å². The van der Waals surface area contributed by atoms with Crippen LogP contribution >= 0.6 is 0 Å². The molecule has 0 N–H and O–H groups in total. The molecular weight excluding hydrogens is 372 g/mol. The number of hydrogen-bond acceptors (Lipinski definition) is 4. The molecule has 5 heteroatoms. The van der Waals surface area contributed by atoms with Crippen molar-refractivity contribution >= 4 is 5.71 Å². The average molecular weight is 394 g/mol. The number of ether oxygens (including phenoxy) is 1. The lowest BCUT2D eigenvalue weighted by atomic mass is 9.98. The fourth-order valence-electron chi connectivity index (χ4n) is 3.77. The maximum atomic E-state index is 5.96. The maximum absolute atomic E-state index is 5.96. The molecule has 3 aromatic carbocycles. The summed E-state index contributed by atoms with van der Waals surface area (Å²) in [6, 6.07) is 26.9. The molecule has 5 nitrogen and oxygen atoms in total. The molecule has 1 aliphatic heterocycles. The van der Waals surface area contributed by atoms with Crippen molar-refractivity contribution in [3.05, 3.63) is 113 Å². The first-order chi connectivity index (χ1) is 14.8. The molecular formula is C25H22N4O. The molecule has 0 saturated heterocycles. The van der Waals surface area contributed by atoms with E-state index in [1.807, 2.05) is 36.4 Å².